The average Bonchev–Trinajstić information content (AvgIpc) is 2.37. The summed E-state index contributed by atoms with van der Waals surface area (Å²) >= 11 is 7.92. The van der Waals surface area contributed by atoms with E-state index in [1.165, 1.54) is 0 Å². The minimum Gasteiger partial charge on any atom is -0.480 e. The Morgan fingerprint density at radius 2 is 1.94 bits per heavy atom. The summed E-state index contributed by atoms with van der Waals surface area (Å²) in [5.41, 5.74) is 13.1. The number of nitrogens with zero attached hydrogens (tertiary/aromatic N) is 1. The Bertz CT molecular complexity index is 300. The summed E-state index contributed by atoms with van der Waals surface area (Å²) in [7, 11) is 0. The Labute approximate surface area is 113 Å². The fourth-order valence-corrected chi connectivity index (χ4v) is 0.267. The standard InChI is InChI=1S/C3H7NO2S.C2H2O3.CH4N4S/c4-2(1-7)3(5)6;3-1-2(4)5;2-4-1(6)5-3/h2,7H,1,4H2,(H,5,6);1H,(H,4,5);2H,3H2,(H,5,6). The molecule has 0 aromatic heterocycles. The van der Waals surface area contributed by atoms with Crippen LogP contribution in [0.2, 0.25) is 0 Å². The molecule has 0 bridgehead atoms. The van der Waals surface area contributed by atoms with Gasteiger partial charge in [-0.2, -0.15) is 12.6 Å². The highest BCUT2D eigenvalue weighted by Gasteiger charge is 2.06. The molecule has 0 fully saturated rings. The lowest BCUT2D eigenvalue weighted by atomic mass is 10.4. The molecule has 0 aromatic carbocycles. The molecule has 1 unspecified atom stereocenters. The van der Waals surface area contributed by atoms with Gasteiger partial charge in [0.05, 0.1) is 0 Å². The van der Waals surface area contributed by atoms with E-state index in [0.29, 0.717) is 0 Å². The van der Waals surface area contributed by atoms with Gasteiger partial charge in [-0.25, -0.2) is 16.2 Å². The van der Waals surface area contributed by atoms with Crippen LogP contribution in [0, 0.1) is 5.53 Å². The molecule has 18 heavy (non-hydrogen) atoms. The van der Waals surface area contributed by atoms with E-state index in [9.17, 15) is 4.79 Å². The van der Waals surface area contributed by atoms with Crippen LogP contribution in [0.15, 0.2) is 5.11 Å². The Morgan fingerprint density at radius 1 is 1.56 bits per heavy atom. The first-order valence-corrected chi connectivity index (χ1v) is 4.96. The number of thiocarbonyl (C=S) groups is 1. The van der Waals surface area contributed by atoms with Gasteiger partial charge in [-0.3, -0.25) is 15.0 Å². The number of hydrogen-bond acceptors (Lipinski definition) is 8. The van der Waals surface area contributed by atoms with E-state index < -0.39 is 18.0 Å². The minimum atomic E-state index is -1.43. The molecule has 0 aliphatic rings. The third-order valence-electron chi connectivity index (χ3n) is 0.840. The van der Waals surface area contributed by atoms with Crippen LogP contribution in [-0.2, 0) is 14.4 Å². The van der Waals surface area contributed by atoms with Crippen molar-refractivity contribution in [3.63, 3.8) is 0 Å². The molecule has 0 amide bonds. The van der Waals surface area contributed by atoms with E-state index in [1.54, 1.807) is 0 Å². The number of carboxylic acid groups (broad SMARTS) is 2. The lowest BCUT2D eigenvalue weighted by molar-refractivity contribution is -0.143. The predicted octanol–water partition coefficient (Wildman–Crippen LogP) is -1.64. The normalized spacial score (nSPS) is 9.28. The molecule has 0 aromatic rings. The van der Waals surface area contributed by atoms with Gasteiger partial charge in [0.1, 0.15) is 6.04 Å². The number of nitrogens with two attached hydrogens (primary N) is 2. The number of hydrazine groups is 1. The van der Waals surface area contributed by atoms with E-state index in [4.69, 9.17) is 31.1 Å². The minimum absolute atomic E-state index is 0.00463. The highest BCUT2D eigenvalue weighted by atomic mass is 32.1. The summed E-state index contributed by atoms with van der Waals surface area (Å²) in [6.07, 6.45) is -0.167. The molecule has 0 heterocycles. The maximum absolute atomic E-state index is 9.76. The van der Waals surface area contributed by atoms with Gasteiger partial charge in [0, 0.05) is 5.75 Å². The second-order valence-electron chi connectivity index (χ2n) is 2.14. The maximum Gasteiger partial charge on any atom is 0.368 e. The second-order valence-corrected chi connectivity index (χ2v) is 2.90. The number of carboxylic acids is 2. The number of aldehydes is 1. The molecule has 0 aliphatic heterocycles. The van der Waals surface area contributed by atoms with Gasteiger partial charge < -0.3 is 15.9 Å². The Hall–Kier alpha value is -1.63. The highest BCUT2D eigenvalue weighted by Crippen LogP contribution is 1.80. The molecule has 12 heteroatoms. The van der Waals surface area contributed by atoms with Crippen LogP contribution in [0.5, 0.6) is 0 Å². The molecular formula is C6H13N5O5S2. The Balaban J connectivity index is -0.000000190. The molecule has 0 saturated carbocycles. The van der Waals surface area contributed by atoms with Crippen molar-refractivity contribution < 1.29 is 24.6 Å². The van der Waals surface area contributed by atoms with Gasteiger partial charge in [0.25, 0.3) is 0 Å². The zero-order chi connectivity index (χ0) is 15.1. The smallest absolute Gasteiger partial charge is 0.368 e. The Kier molecular flexibility index (Phi) is 18.5. The lowest BCUT2D eigenvalue weighted by Crippen LogP contribution is -2.31. The van der Waals surface area contributed by atoms with E-state index in [0.717, 1.165) is 0 Å². The summed E-state index contributed by atoms with van der Waals surface area (Å²) in [4.78, 5) is 27.7. The van der Waals surface area contributed by atoms with Gasteiger partial charge in [0.2, 0.25) is 11.4 Å². The quantitative estimate of drug-likeness (QED) is 0.0608. The first-order valence-electron chi connectivity index (χ1n) is 3.92. The number of carbonyl (C=O) groups is 3. The fraction of sp³-hybridized carbons (Fsp3) is 0.333. The number of nitrogens with one attached hydrogen (secondary N) is 2. The lowest BCUT2D eigenvalue weighted by Gasteiger charge is -1.96. The van der Waals surface area contributed by atoms with Crippen molar-refractivity contribution in [1.82, 2.24) is 5.43 Å². The van der Waals surface area contributed by atoms with Crippen LogP contribution >= 0.6 is 24.8 Å². The number of hydrogen-bond donors (Lipinski definition) is 7. The summed E-state index contributed by atoms with van der Waals surface area (Å²) in [5, 5.41) is 18.1. The molecule has 0 radical (unpaired) electrons. The Morgan fingerprint density at radius 3 is 1.94 bits per heavy atom. The van der Waals surface area contributed by atoms with Crippen molar-refractivity contribution in [2.75, 3.05) is 5.75 Å². The summed E-state index contributed by atoms with van der Waals surface area (Å²) in [5.74, 6) is 2.44. The van der Waals surface area contributed by atoms with Crippen LogP contribution in [0.3, 0.4) is 0 Å². The third kappa shape index (κ3) is 23.9. The number of aliphatic carboxylic acids is 2. The molecule has 104 valence electrons. The van der Waals surface area contributed by atoms with Crippen LogP contribution < -0.4 is 17.0 Å². The predicted molar refractivity (Wildman–Crippen MR) is 68.2 cm³/mol. The maximum atomic E-state index is 9.76. The summed E-state index contributed by atoms with van der Waals surface area (Å²) in [6.45, 7) is 0. The molecular weight excluding hydrogens is 286 g/mol. The second kappa shape index (κ2) is 15.4. The topological polar surface area (TPSA) is 192 Å². The molecule has 0 saturated heterocycles. The first-order chi connectivity index (χ1) is 8.26. The zero-order valence-electron chi connectivity index (χ0n) is 8.94. The van der Waals surface area contributed by atoms with Gasteiger partial charge in [-0.05, 0) is 12.2 Å². The number of carbonyl (C=O) groups excluding carboxylic acids is 1. The zero-order valence-corrected chi connectivity index (χ0v) is 10.6. The molecule has 0 rings (SSSR count). The first kappa shape index (κ1) is 21.6. The summed E-state index contributed by atoms with van der Waals surface area (Å²) in [6, 6.07) is -0.816. The summed E-state index contributed by atoms with van der Waals surface area (Å²) < 4.78 is 0. The van der Waals surface area contributed by atoms with Gasteiger partial charge in [0.15, 0.2) is 0 Å². The highest BCUT2D eigenvalue weighted by molar-refractivity contribution is 7.80. The van der Waals surface area contributed by atoms with Crippen LogP contribution in [0.25, 0.3) is 0 Å². The van der Waals surface area contributed by atoms with E-state index in [2.05, 4.69) is 35.8 Å². The van der Waals surface area contributed by atoms with Crippen molar-refractivity contribution in [2.45, 2.75) is 6.04 Å². The van der Waals surface area contributed by atoms with E-state index in [1.807, 2.05) is 5.43 Å². The molecule has 0 spiro atoms. The van der Waals surface area contributed by atoms with E-state index in [-0.39, 0.29) is 17.2 Å². The average molecular weight is 299 g/mol. The van der Waals surface area contributed by atoms with Crippen LogP contribution in [-0.4, -0.2) is 45.3 Å². The molecule has 0 aliphatic carbocycles. The van der Waals surface area contributed by atoms with Crippen molar-refractivity contribution in [3.8, 4) is 0 Å². The third-order valence-corrected chi connectivity index (χ3v) is 1.44. The molecule has 10 nitrogen and oxygen atoms in total. The van der Waals surface area contributed by atoms with Crippen molar-refractivity contribution in [2.24, 2.45) is 16.7 Å². The van der Waals surface area contributed by atoms with Gasteiger partial charge in [-0.1, -0.05) is 0 Å². The van der Waals surface area contributed by atoms with Crippen molar-refractivity contribution in [3.05, 3.63) is 0 Å². The SMILES string of the molecule is N=NC(=S)NN.NC(CS)C(=O)O.O=CC(=O)O. The fourth-order valence-electron chi connectivity index (χ4n) is 0.110. The molecule has 1 atom stereocenters. The monoisotopic (exact) mass is 299 g/mol. The number of rotatable bonds is 3. The van der Waals surface area contributed by atoms with E-state index >= 15 is 0 Å². The van der Waals surface area contributed by atoms with Crippen LogP contribution in [0.1, 0.15) is 0 Å². The van der Waals surface area contributed by atoms with Crippen molar-refractivity contribution in [1.29, 1.82) is 5.53 Å². The number of thiol groups is 1. The van der Waals surface area contributed by atoms with Gasteiger partial charge >= 0.3 is 11.9 Å². The molecule has 8 N–H and O–H groups in total. The largest absolute Gasteiger partial charge is 0.480 e. The van der Waals surface area contributed by atoms with Crippen molar-refractivity contribution >= 4 is 48.2 Å². The van der Waals surface area contributed by atoms with Gasteiger partial charge in [-0.15, -0.1) is 5.11 Å². The van der Waals surface area contributed by atoms with Crippen LogP contribution in [0.4, 0.5) is 0 Å².